The van der Waals surface area contributed by atoms with Gasteiger partial charge in [0.25, 0.3) is 0 Å². The summed E-state index contributed by atoms with van der Waals surface area (Å²) in [6.45, 7) is 3.42. The van der Waals surface area contributed by atoms with E-state index in [0.717, 1.165) is 11.3 Å². The minimum atomic E-state index is -0.579. The largest absolute Gasteiger partial charge is 0.465 e. The average molecular weight is 389 g/mol. The first-order valence-electron chi connectivity index (χ1n) is 8.13. The Hall–Kier alpha value is -3.00. The molecule has 0 radical (unpaired) electrons. The Morgan fingerprint density at radius 2 is 1.89 bits per heavy atom. The van der Waals surface area contributed by atoms with Crippen LogP contribution in [0.5, 0.6) is 0 Å². The molecular weight excluding hydrogens is 373 g/mol. The van der Waals surface area contributed by atoms with Crippen molar-refractivity contribution in [1.29, 1.82) is 0 Å². The van der Waals surface area contributed by atoms with Crippen molar-refractivity contribution in [2.24, 2.45) is 0 Å². The molecule has 2 heterocycles. The van der Waals surface area contributed by atoms with Crippen molar-refractivity contribution < 1.29 is 27.9 Å². The Kier molecular flexibility index (Phi) is 5.66. The van der Waals surface area contributed by atoms with E-state index in [1.807, 2.05) is 0 Å². The van der Waals surface area contributed by atoms with Crippen LogP contribution in [-0.2, 0) is 16.1 Å². The van der Waals surface area contributed by atoms with Crippen molar-refractivity contribution in [3.63, 3.8) is 0 Å². The maximum absolute atomic E-state index is 13.1. The van der Waals surface area contributed by atoms with E-state index in [9.17, 15) is 14.0 Å². The molecule has 0 atom stereocenters. The van der Waals surface area contributed by atoms with Crippen LogP contribution in [0.4, 0.5) is 4.39 Å². The summed E-state index contributed by atoms with van der Waals surface area (Å²) in [6, 6.07) is 7.32. The van der Waals surface area contributed by atoms with Gasteiger partial charge in [0.05, 0.1) is 18.6 Å². The first kappa shape index (κ1) is 18.8. The quantitative estimate of drug-likeness (QED) is 0.582. The lowest BCUT2D eigenvalue weighted by Gasteiger charge is -2.04. The molecular formula is C19H16FNO5S. The number of furan rings is 1. The molecule has 8 heteroatoms. The number of hydrogen-bond donors (Lipinski definition) is 0. The lowest BCUT2D eigenvalue weighted by atomic mass is 10.2. The van der Waals surface area contributed by atoms with Crippen LogP contribution < -0.4 is 0 Å². The van der Waals surface area contributed by atoms with Gasteiger partial charge < -0.3 is 13.9 Å². The molecule has 0 aliphatic rings. The summed E-state index contributed by atoms with van der Waals surface area (Å²) in [7, 11) is 0. The van der Waals surface area contributed by atoms with Gasteiger partial charge in [-0.15, -0.1) is 11.3 Å². The third kappa shape index (κ3) is 4.22. The van der Waals surface area contributed by atoms with Crippen molar-refractivity contribution in [1.82, 2.24) is 4.98 Å². The van der Waals surface area contributed by atoms with Crippen molar-refractivity contribution in [2.45, 2.75) is 20.5 Å². The number of thiazole rings is 1. The fourth-order valence-electron chi connectivity index (χ4n) is 2.34. The number of rotatable bonds is 6. The molecule has 27 heavy (non-hydrogen) atoms. The molecule has 0 N–H and O–H groups in total. The second-order valence-corrected chi connectivity index (χ2v) is 6.49. The number of esters is 2. The van der Waals surface area contributed by atoms with Gasteiger partial charge in [-0.05, 0) is 44.2 Å². The van der Waals surface area contributed by atoms with E-state index < -0.39 is 11.9 Å². The summed E-state index contributed by atoms with van der Waals surface area (Å²) in [4.78, 5) is 28.9. The van der Waals surface area contributed by atoms with E-state index in [4.69, 9.17) is 13.9 Å². The molecule has 0 aliphatic carbocycles. The fourth-order valence-corrected chi connectivity index (χ4v) is 3.31. The van der Waals surface area contributed by atoms with Crippen molar-refractivity contribution in [3.05, 3.63) is 64.3 Å². The SMILES string of the molecule is CCOC(=O)c1ccoc1COC(=O)c1sc(-c2ccc(F)cc2)nc1C. The topological polar surface area (TPSA) is 78.6 Å². The highest BCUT2D eigenvalue weighted by Crippen LogP contribution is 2.29. The van der Waals surface area contributed by atoms with Gasteiger partial charge >= 0.3 is 11.9 Å². The van der Waals surface area contributed by atoms with Gasteiger partial charge in [-0.2, -0.15) is 0 Å². The molecule has 0 bridgehead atoms. The van der Waals surface area contributed by atoms with Gasteiger partial charge in [0, 0.05) is 5.56 Å². The Labute approximate surface area is 158 Å². The molecule has 2 aromatic heterocycles. The number of aryl methyl sites for hydroxylation is 1. The van der Waals surface area contributed by atoms with E-state index in [1.165, 1.54) is 24.5 Å². The van der Waals surface area contributed by atoms with E-state index >= 15 is 0 Å². The molecule has 1 aromatic carbocycles. The smallest absolute Gasteiger partial charge is 0.350 e. The average Bonchev–Trinajstić information content (AvgIpc) is 3.27. The van der Waals surface area contributed by atoms with Crippen LogP contribution in [0.25, 0.3) is 10.6 Å². The highest BCUT2D eigenvalue weighted by atomic mass is 32.1. The predicted molar refractivity (Wildman–Crippen MR) is 96.0 cm³/mol. The summed E-state index contributed by atoms with van der Waals surface area (Å²) in [6.07, 6.45) is 1.33. The number of nitrogens with zero attached hydrogens (tertiary/aromatic N) is 1. The van der Waals surface area contributed by atoms with Crippen LogP contribution in [0.15, 0.2) is 41.0 Å². The van der Waals surface area contributed by atoms with Gasteiger partial charge in [0.2, 0.25) is 0 Å². The molecule has 0 spiro atoms. The molecule has 6 nitrogen and oxygen atoms in total. The van der Waals surface area contributed by atoms with Crippen molar-refractivity contribution >= 4 is 23.3 Å². The van der Waals surface area contributed by atoms with Gasteiger partial charge in [-0.1, -0.05) is 0 Å². The lowest BCUT2D eigenvalue weighted by Crippen LogP contribution is -2.09. The zero-order valence-corrected chi connectivity index (χ0v) is 15.5. The summed E-state index contributed by atoms with van der Waals surface area (Å²) in [5.74, 6) is -1.25. The van der Waals surface area contributed by atoms with E-state index in [0.29, 0.717) is 21.1 Å². The number of hydrogen-bond acceptors (Lipinski definition) is 7. The van der Waals surface area contributed by atoms with E-state index in [-0.39, 0.29) is 30.4 Å². The summed E-state index contributed by atoms with van der Waals surface area (Å²) in [5.41, 5.74) is 1.44. The first-order chi connectivity index (χ1) is 13.0. The normalized spacial score (nSPS) is 10.6. The fraction of sp³-hybridized carbons (Fsp3) is 0.211. The molecule has 0 unspecified atom stereocenters. The number of carbonyl (C=O) groups excluding carboxylic acids is 2. The second-order valence-electron chi connectivity index (χ2n) is 5.49. The maximum Gasteiger partial charge on any atom is 0.350 e. The monoisotopic (exact) mass is 389 g/mol. The van der Waals surface area contributed by atoms with Gasteiger partial charge in [0.15, 0.2) is 12.4 Å². The molecule has 0 aliphatic heterocycles. The molecule has 140 valence electrons. The Morgan fingerprint density at radius 3 is 2.59 bits per heavy atom. The highest BCUT2D eigenvalue weighted by molar-refractivity contribution is 7.17. The summed E-state index contributed by atoms with van der Waals surface area (Å²) in [5, 5.41) is 0.588. The third-order valence-electron chi connectivity index (χ3n) is 3.65. The second kappa shape index (κ2) is 8.13. The summed E-state index contributed by atoms with van der Waals surface area (Å²) < 4.78 is 28.4. The van der Waals surface area contributed by atoms with Gasteiger partial charge in [0.1, 0.15) is 21.3 Å². The zero-order valence-electron chi connectivity index (χ0n) is 14.7. The van der Waals surface area contributed by atoms with Crippen molar-refractivity contribution in [2.75, 3.05) is 6.61 Å². The molecule has 3 aromatic rings. The highest BCUT2D eigenvalue weighted by Gasteiger charge is 2.21. The number of benzene rings is 1. The molecule has 3 rings (SSSR count). The number of carbonyl (C=O) groups is 2. The van der Waals surface area contributed by atoms with Gasteiger partial charge in [-0.3, -0.25) is 0 Å². The van der Waals surface area contributed by atoms with Crippen LogP contribution in [-0.4, -0.2) is 23.5 Å². The predicted octanol–water partition coefficient (Wildman–Crippen LogP) is 4.38. The molecule has 0 saturated carbocycles. The van der Waals surface area contributed by atoms with Crippen molar-refractivity contribution in [3.8, 4) is 10.6 Å². The molecule has 0 saturated heterocycles. The third-order valence-corrected chi connectivity index (χ3v) is 4.83. The number of ether oxygens (including phenoxy) is 2. The van der Waals surface area contributed by atoms with Crippen LogP contribution in [0.2, 0.25) is 0 Å². The van der Waals surface area contributed by atoms with Gasteiger partial charge in [-0.25, -0.2) is 19.0 Å². The van der Waals surface area contributed by atoms with E-state index in [2.05, 4.69) is 4.98 Å². The Morgan fingerprint density at radius 1 is 1.15 bits per heavy atom. The minimum Gasteiger partial charge on any atom is -0.465 e. The molecule has 0 fully saturated rings. The first-order valence-corrected chi connectivity index (χ1v) is 8.95. The standard InChI is InChI=1S/C19H16FNO5S/c1-3-24-18(22)14-8-9-25-15(14)10-26-19(23)16-11(2)21-17(27-16)12-4-6-13(20)7-5-12/h4-9H,3,10H2,1-2H3. The van der Waals surface area contributed by atoms with E-state index in [1.54, 1.807) is 26.0 Å². The minimum absolute atomic E-state index is 0.205. The van der Waals surface area contributed by atoms with Crippen LogP contribution in [0, 0.1) is 12.7 Å². The zero-order chi connectivity index (χ0) is 19.4. The summed E-state index contributed by atoms with van der Waals surface area (Å²) >= 11 is 1.15. The van der Waals surface area contributed by atoms with Crippen LogP contribution >= 0.6 is 11.3 Å². The molecule has 0 amide bonds. The lowest BCUT2D eigenvalue weighted by molar-refractivity contribution is 0.0426. The maximum atomic E-state index is 13.1. The Balaban J connectivity index is 1.71. The van der Waals surface area contributed by atoms with Crippen LogP contribution in [0.1, 0.15) is 38.4 Å². The van der Waals surface area contributed by atoms with Crippen LogP contribution in [0.3, 0.4) is 0 Å². The number of halogens is 1. The number of aromatic nitrogens is 1. The Bertz CT molecular complexity index is 961.